The number of aromatic nitrogens is 2. The smallest absolute Gasteiger partial charge is 0.205 e. The number of nitriles is 2. The number of nitrogens with one attached hydrogen (secondary N) is 1. The van der Waals surface area contributed by atoms with Gasteiger partial charge in [0.1, 0.15) is 11.6 Å². The van der Waals surface area contributed by atoms with E-state index in [0.717, 1.165) is 33.1 Å². The van der Waals surface area contributed by atoms with Crippen molar-refractivity contribution in [3.8, 4) is 12.1 Å². The molecule has 2 aromatic carbocycles. The highest BCUT2D eigenvalue weighted by atomic mass is 16.1. The van der Waals surface area contributed by atoms with E-state index in [4.69, 9.17) is 5.26 Å². The van der Waals surface area contributed by atoms with Crippen LogP contribution in [0, 0.1) is 29.6 Å². The zero-order chi connectivity index (χ0) is 20.4. The number of para-hydroxylation sites is 2. The first-order valence-electron chi connectivity index (χ1n) is 9.32. The summed E-state index contributed by atoms with van der Waals surface area (Å²) in [5, 5.41) is 20.4. The third-order valence-corrected chi connectivity index (χ3v) is 5.07. The maximum absolute atomic E-state index is 13.2. The van der Waals surface area contributed by atoms with Crippen LogP contribution in [0.2, 0.25) is 0 Å². The SMILES string of the molecule is Cc1[nH]c2ccccc2c1C(=O)/C(C#N)=C/c1cn(CCC#N)c2ccccc12. The topological polar surface area (TPSA) is 85.4 Å². The minimum Gasteiger partial charge on any atom is -0.358 e. The lowest BCUT2D eigenvalue weighted by atomic mass is 9.99. The van der Waals surface area contributed by atoms with E-state index in [2.05, 4.69) is 17.1 Å². The van der Waals surface area contributed by atoms with Crippen molar-refractivity contribution in [3.05, 3.63) is 77.1 Å². The standard InChI is InChI=1S/C24H18N4O/c1-16-23(20-8-2-4-9-21(20)27-16)24(29)17(14-26)13-18-15-28(12-6-11-25)22-10-5-3-7-19(18)22/h2-5,7-10,13,15,27H,6,12H2,1H3/b17-13+. The van der Waals surface area contributed by atoms with E-state index in [9.17, 15) is 10.1 Å². The molecule has 0 saturated carbocycles. The molecule has 0 spiro atoms. The quantitative estimate of drug-likeness (QED) is 0.297. The first kappa shape index (κ1) is 18.3. The molecule has 5 nitrogen and oxygen atoms in total. The van der Waals surface area contributed by atoms with Crippen LogP contribution >= 0.6 is 0 Å². The number of carbonyl (C=O) groups is 1. The van der Waals surface area contributed by atoms with Crippen LogP contribution in [0.1, 0.15) is 28.0 Å². The van der Waals surface area contributed by atoms with Gasteiger partial charge in [-0.05, 0) is 25.1 Å². The van der Waals surface area contributed by atoms with Crippen LogP contribution in [0.5, 0.6) is 0 Å². The number of hydrogen-bond donors (Lipinski definition) is 1. The molecule has 2 heterocycles. The van der Waals surface area contributed by atoms with Gasteiger partial charge in [0.15, 0.2) is 0 Å². The number of carbonyl (C=O) groups excluding carboxylic acids is 1. The van der Waals surface area contributed by atoms with Crippen molar-refractivity contribution in [1.29, 1.82) is 10.5 Å². The van der Waals surface area contributed by atoms with Gasteiger partial charge in [-0.2, -0.15) is 10.5 Å². The van der Waals surface area contributed by atoms with Crippen molar-refractivity contribution in [2.75, 3.05) is 0 Å². The molecular formula is C24H18N4O. The minimum absolute atomic E-state index is 0.0843. The Bertz CT molecular complexity index is 1360. The fraction of sp³-hybridized carbons (Fsp3) is 0.125. The van der Waals surface area contributed by atoms with Crippen molar-refractivity contribution >= 4 is 33.7 Å². The highest BCUT2D eigenvalue weighted by molar-refractivity contribution is 6.21. The van der Waals surface area contributed by atoms with Gasteiger partial charge in [0.2, 0.25) is 5.78 Å². The zero-order valence-electron chi connectivity index (χ0n) is 15.9. The molecule has 4 rings (SSSR count). The van der Waals surface area contributed by atoms with E-state index in [1.165, 1.54) is 0 Å². The molecule has 0 amide bonds. The Morgan fingerprint density at radius 2 is 1.83 bits per heavy atom. The largest absolute Gasteiger partial charge is 0.358 e. The third-order valence-electron chi connectivity index (χ3n) is 5.07. The molecule has 29 heavy (non-hydrogen) atoms. The van der Waals surface area contributed by atoms with Gasteiger partial charge in [-0.1, -0.05) is 36.4 Å². The Balaban J connectivity index is 1.83. The molecule has 4 aromatic rings. The second-order valence-electron chi connectivity index (χ2n) is 6.87. The molecule has 2 aromatic heterocycles. The molecule has 0 radical (unpaired) electrons. The molecule has 0 aliphatic heterocycles. The first-order chi connectivity index (χ1) is 14.1. The summed E-state index contributed by atoms with van der Waals surface area (Å²) in [4.78, 5) is 16.4. The van der Waals surface area contributed by atoms with E-state index < -0.39 is 0 Å². The Kier molecular flexibility index (Phi) is 4.73. The number of ketones is 1. The van der Waals surface area contributed by atoms with Gasteiger partial charge in [0.25, 0.3) is 0 Å². The predicted octanol–water partition coefficient (Wildman–Crippen LogP) is 5.13. The average Bonchev–Trinajstić information content (AvgIpc) is 3.26. The normalized spacial score (nSPS) is 11.5. The lowest BCUT2D eigenvalue weighted by molar-refractivity contribution is 0.104. The molecule has 0 aliphatic rings. The summed E-state index contributed by atoms with van der Waals surface area (Å²) in [7, 11) is 0. The van der Waals surface area contributed by atoms with Gasteiger partial charge in [0, 0.05) is 45.8 Å². The molecule has 1 N–H and O–H groups in total. The summed E-state index contributed by atoms with van der Waals surface area (Å²) < 4.78 is 1.99. The summed E-state index contributed by atoms with van der Waals surface area (Å²) in [6.45, 7) is 2.40. The van der Waals surface area contributed by atoms with Crippen LogP contribution in [-0.4, -0.2) is 15.3 Å². The number of hydrogen-bond acceptors (Lipinski definition) is 3. The third kappa shape index (κ3) is 3.20. The molecule has 0 saturated heterocycles. The van der Waals surface area contributed by atoms with Crippen molar-refractivity contribution < 1.29 is 4.79 Å². The highest BCUT2D eigenvalue weighted by Crippen LogP contribution is 2.27. The first-order valence-corrected chi connectivity index (χ1v) is 9.32. The highest BCUT2D eigenvalue weighted by Gasteiger charge is 2.20. The van der Waals surface area contributed by atoms with Gasteiger partial charge in [0.05, 0.1) is 18.1 Å². The van der Waals surface area contributed by atoms with Crippen molar-refractivity contribution in [1.82, 2.24) is 9.55 Å². The van der Waals surface area contributed by atoms with E-state index in [1.807, 2.05) is 66.2 Å². The monoisotopic (exact) mass is 378 g/mol. The molecule has 0 atom stereocenters. The van der Waals surface area contributed by atoms with Gasteiger partial charge >= 0.3 is 0 Å². The van der Waals surface area contributed by atoms with Gasteiger partial charge in [-0.25, -0.2) is 0 Å². The summed E-state index contributed by atoms with van der Waals surface area (Å²) in [6.07, 6.45) is 3.93. The van der Waals surface area contributed by atoms with Crippen LogP contribution in [0.4, 0.5) is 0 Å². The Morgan fingerprint density at radius 1 is 1.10 bits per heavy atom. The number of rotatable bonds is 5. The number of H-pyrrole nitrogens is 1. The second-order valence-corrected chi connectivity index (χ2v) is 6.87. The maximum Gasteiger partial charge on any atom is 0.205 e. The maximum atomic E-state index is 13.2. The Labute approximate surface area is 168 Å². The number of benzene rings is 2. The van der Waals surface area contributed by atoms with Gasteiger partial charge < -0.3 is 9.55 Å². The van der Waals surface area contributed by atoms with Gasteiger partial charge in [-0.3, -0.25) is 4.79 Å². The summed E-state index contributed by atoms with van der Waals surface area (Å²) in [5.74, 6) is -0.295. The van der Waals surface area contributed by atoms with Crippen molar-refractivity contribution in [2.24, 2.45) is 0 Å². The van der Waals surface area contributed by atoms with Crippen molar-refractivity contribution in [3.63, 3.8) is 0 Å². The lowest BCUT2D eigenvalue weighted by Crippen LogP contribution is -2.03. The Hall–Kier alpha value is -4.09. The number of aromatic amines is 1. The predicted molar refractivity (Wildman–Crippen MR) is 113 cm³/mol. The molecule has 0 fully saturated rings. The van der Waals surface area contributed by atoms with Crippen molar-refractivity contribution in [2.45, 2.75) is 19.9 Å². The fourth-order valence-corrected chi connectivity index (χ4v) is 3.75. The second kappa shape index (κ2) is 7.50. The lowest BCUT2D eigenvalue weighted by Gasteiger charge is -2.00. The summed E-state index contributed by atoms with van der Waals surface area (Å²) >= 11 is 0. The summed E-state index contributed by atoms with van der Waals surface area (Å²) in [6, 6.07) is 19.6. The van der Waals surface area contributed by atoms with E-state index >= 15 is 0 Å². The summed E-state index contributed by atoms with van der Waals surface area (Å²) in [5.41, 5.74) is 4.00. The molecule has 0 aliphatic carbocycles. The number of Topliss-reactive ketones (excluding diaryl/α,β-unsaturated/α-hetero) is 1. The minimum atomic E-state index is -0.295. The van der Waals surface area contributed by atoms with Gasteiger partial charge in [-0.15, -0.1) is 0 Å². The molecule has 0 bridgehead atoms. The van der Waals surface area contributed by atoms with Crippen LogP contribution in [0.3, 0.4) is 0 Å². The zero-order valence-corrected chi connectivity index (χ0v) is 15.9. The molecule has 5 heteroatoms. The van der Waals surface area contributed by atoms with E-state index in [0.29, 0.717) is 18.5 Å². The van der Waals surface area contributed by atoms with Crippen LogP contribution in [0.25, 0.3) is 27.9 Å². The van der Waals surface area contributed by atoms with E-state index in [1.54, 1.807) is 6.08 Å². The van der Waals surface area contributed by atoms with Crippen LogP contribution in [0.15, 0.2) is 60.3 Å². The fourth-order valence-electron chi connectivity index (χ4n) is 3.75. The Morgan fingerprint density at radius 3 is 2.59 bits per heavy atom. The number of nitrogens with zero attached hydrogens (tertiary/aromatic N) is 3. The molecule has 140 valence electrons. The van der Waals surface area contributed by atoms with E-state index in [-0.39, 0.29) is 11.4 Å². The number of allylic oxidation sites excluding steroid dienone is 1. The van der Waals surface area contributed by atoms with Crippen LogP contribution < -0.4 is 0 Å². The average molecular weight is 378 g/mol. The number of fused-ring (bicyclic) bond motifs is 2. The van der Waals surface area contributed by atoms with Crippen LogP contribution in [-0.2, 0) is 6.54 Å². The molecular weight excluding hydrogens is 360 g/mol. The number of aryl methyl sites for hydroxylation is 2. The molecule has 0 unspecified atom stereocenters.